The van der Waals surface area contributed by atoms with Crippen molar-refractivity contribution < 1.29 is 4.79 Å². The molecule has 0 saturated carbocycles. The largest absolute Gasteiger partial charge is 0.347 e. The molecule has 2 aromatic rings. The van der Waals surface area contributed by atoms with Gasteiger partial charge in [0.05, 0.1) is 6.04 Å². The van der Waals surface area contributed by atoms with Gasteiger partial charge in [-0.05, 0) is 35.6 Å². The Hall–Kier alpha value is -2.10. The average Bonchev–Trinajstić information content (AvgIpc) is 2.84. The zero-order chi connectivity index (χ0) is 15.5. The second-order valence-corrected chi connectivity index (χ2v) is 6.58. The summed E-state index contributed by atoms with van der Waals surface area (Å²) in [4.78, 5) is 16.6. The summed E-state index contributed by atoms with van der Waals surface area (Å²) in [6.07, 6.45) is 6.30. The van der Waals surface area contributed by atoms with Gasteiger partial charge in [0.15, 0.2) is 0 Å². The first-order valence-electron chi connectivity index (χ1n) is 7.19. The molecule has 1 amide bonds. The molecule has 2 aromatic heterocycles. The molecule has 1 N–H and O–H groups in total. The van der Waals surface area contributed by atoms with Crippen LogP contribution in [0.15, 0.2) is 42.9 Å². The first kappa shape index (κ1) is 15.3. The Kier molecular flexibility index (Phi) is 4.46. The maximum Gasteiger partial charge on any atom is 0.268 e. The van der Waals surface area contributed by atoms with Crippen LogP contribution in [0.5, 0.6) is 0 Å². The van der Waals surface area contributed by atoms with Crippen LogP contribution in [-0.4, -0.2) is 15.5 Å². The molecule has 21 heavy (non-hydrogen) atoms. The van der Waals surface area contributed by atoms with Gasteiger partial charge in [-0.15, -0.1) is 0 Å². The number of pyridine rings is 1. The summed E-state index contributed by atoms with van der Waals surface area (Å²) in [6, 6.07) is 7.57. The number of hydrogen-bond donors (Lipinski definition) is 1. The predicted octanol–water partition coefficient (Wildman–Crippen LogP) is 3.33. The molecule has 0 aromatic carbocycles. The molecule has 112 valence electrons. The minimum Gasteiger partial charge on any atom is -0.347 e. The van der Waals surface area contributed by atoms with E-state index in [1.807, 2.05) is 48.3 Å². The van der Waals surface area contributed by atoms with E-state index in [2.05, 4.69) is 31.1 Å². The van der Waals surface area contributed by atoms with E-state index in [1.165, 1.54) is 0 Å². The van der Waals surface area contributed by atoms with Crippen LogP contribution in [-0.2, 0) is 7.05 Å². The third kappa shape index (κ3) is 4.18. The Morgan fingerprint density at radius 1 is 1.33 bits per heavy atom. The molecule has 2 heterocycles. The molecular weight excluding hydrogens is 262 g/mol. The highest BCUT2D eigenvalue weighted by molar-refractivity contribution is 5.93. The van der Waals surface area contributed by atoms with Crippen LogP contribution < -0.4 is 5.32 Å². The van der Waals surface area contributed by atoms with Gasteiger partial charge >= 0.3 is 0 Å². The van der Waals surface area contributed by atoms with Crippen molar-refractivity contribution in [3.8, 4) is 0 Å². The molecule has 0 aliphatic carbocycles. The Balaban J connectivity index is 2.21. The monoisotopic (exact) mass is 285 g/mol. The summed E-state index contributed by atoms with van der Waals surface area (Å²) < 4.78 is 1.83. The van der Waals surface area contributed by atoms with E-state index in [1.54, 1.807) is 6.20 Å². The molecule has 2 rings (SSSR count). The Morgan fingerprint density at radius 2 is 2.10 bits per heavy atom. The maximum atomic E-state index is 12.4. The normalized spacial score (nSPS) is 13.0. The fourth-order valence-electron chi connectivity index (χ4n) is 2.38. The van der Waals surface area contributed by atoms with Gasteiger partial charge in [0.2, 0.25) is 0 Å². The molecule has 4 heteroatoms. The van der Waals surface area contributed by atoms with E-state index in [0.717, 1.165) is 12.0 Å². The lowest BCUT2D eigenvalue weighted by molar-refractivity contribution is 0.0918. The fourth-order valence-corrected chi connectivity index (χ4v) is 2.38. The summed E-state index contributed by atoms with van der Waals surface area (Å²) in [5.41, 5.74) is 1.81. The highest BCUT2D eigenvalue weighted by Crippen LogP contribution is 2.29. The van der Waals surface area contributed by atoms with E-state index in [-0.39, 0.29) is 17.4 Å². The van der Waals surface area contributed by atoms with Crippen LogP contribution in [0.1, 0.15) is 49.3 Å². The molecule has 1 unspecified atom stereocenters. The molecule has 0 aliphatic heterocycles. The molecule has 0 aliphatic rings. The second-order valence-electron chi connectivity index (χ2n) is 6.58. The number of carbonyl (C=O) groups excluding carboxylic acids is 1. The number of aromatic nitrogens is 2. The van der Waals surface area contributed by atoms with Crippen molar-refractivity contribution in [1.82, 2.24) is 14.9 Å². The Labute approximate surface area is 126 Å². The number of aryl methyl sites for hydroxylation is 1. The number of carbonyl (C=O) groups is 1. The van der Waals surface area contributed by atoms with Gasteiger partial charge in [-0.25, -0.2) is 0 Å². The number of rotatable bonds is 4. The highest BCUT2D eigenvalue weighted by Gasteiger charge is 2.23. The summed E-state index contributed by atoms with van der Waals surface area (Å²) in [5, 5.41) is 3.13. The quantitative estimate of drug-likeness (QED) is 0.936. The third-order valence-corrected chi connectivity index (χ3v) is 3.39. The molecule has 0 bridgehead atoms. The smallest absolute Gasteiger partial charge is 0.268 e. The van der Waals surface area contributed by atoms with Crippen molar-refractivity contribution in [2.45, 2.75) is 33.2 Å². The van der Waals surface area contributed by atoms with Crippen molar-refractivity contribution in [2.24, 2.45) is 12.5 Å². The second kappa shape index (κ2) is 6.12. The van der Waals surface area contributed by atoms with E-state index in [0.29, 0.717) is 5.69 Å². The number of hydrogen-bond acceptors (Lipinski definition) is 2. The molecule has 0 spiro atoms. The van der Waals surface area contributed by atoms with Crippen LogP contribution >= 0.6 is 0 Å². The van der Waals surface area contributed by atoms with Crippen LogP contribution in [0.4, 0.5) is 0 Å². The highest BCUT2D eigenvalue weighted by atomic mass is 16.2. The van der Waals surface area contributed by atoms with E-state index >= 15 is 0 Å². The number of nitrogens with zero attached hydrogens (tertiary/aromatic N) is 2. The van der Waals surface area contributed by atoms with E-state index < -0.39 is 0 Å². The topological polar surface area (TPSA) is 46.9 Å². The predicted molar refractivity (Wildman–Crippen MR) is 83.9 cm³/mol. The van der Waals surface area contributed by atoms with Gasteiger partial charge in [-0.1, -0.05) is 26.8 Å². The van der Waals surface area contributed by atoms with Crippen molar-refractivity contribution in [2.75, 3.05) is 0 Å². The van der Waals surface area contributed by atoms with Crippen molar-refractivity contribution in [3.05, 3.63) is 54.1 Å². The summed E-state index contributed by atoms with van der Waals surface area (Å²) >= 11 is 0. The molecule has 4 nitrogen and oxygen atoms in total. The maximum absolute atomic E-state index is 12.4. The SMILES string of the molecule is Cn1cccc1C(=O)NC(CC(C)(C)C)c1cccnc1. The van der Waals surface area contributed by atoms with Crippen molar-refractivity contribution in [3.63, 3.8) is 0 Å². The lowest BCUT2D eigenvalue weighted by Gasteiger charge is -2.27. The number of amides is 1. The van der Waals surface area contributed by atoms with E-state index in [4.69, 9.17) is 0 Å². The molecule has 0 saturated heterocycles. The minimum atomic E-state index is -0.0550. The standard InChI is InChI=1S/C17H23N3O/c1-17(2,3)11-14(13-7-5-9-18-12-13)19-16(21)15-8-6-10-20(15)4/h5-10,12,14H,11H2,1-4H3,(H,19,21). The van der Waals surface area contributed by atoms with Gasteiger partial charge in [0.1, 0.15) is 5.69 Å². The summed E-state index contributed by atoms with van der Waals surface area (Å²) in [5.74, 6) is -0.0550. The molecular formula is C17H23N3O. The van der Waals surface area contributed by atoms with Gasteiger partial charge < -0.3 is 9.88 Å². The zero-order valence-corrected chi connectivity index (χ0v) is 13.1. The van der Waals surface area contributed by atoms with Gasteiger partial charge in [-0.2, -0.15) is 0 Å². The Bertz CT molecular complexity index is 596. The zero-order valence-electron chi connectivity index (χ0n) is 13.1. The van der Waals surface area contributed by atoms with Crippen molar-refractivity contribution in [1.29, 1.82) is 0 Å². The van der Waals surface area contributed by atoms with Gasteiger partial charge in [0, 0.05) is 25.6 Å². The Morgan fingerprint density at radius 3 is 2.62 bits per heavy atom. The van der Waals surface area contributed by atoms with Gasteiger partial charge in [-0.3, -0.25) is 9.78 Å². The fraction of sp³-hybridized carbons (Fsp3) is 0.412. The molecule has 1 atom stereocenters. The van der Waals surface area contributed by atoms with Crippen LogP contribution in [0.3, 0.4) is 0 Å². The average molecular weight is 285 g/mol. The molecule has 0 fully saturated rings. The minimum absolute atomic E-state index is 0.0406. The lowest BCUT2D eigenvalue weighted by Crippen LogP contribution is -2.32. The summed E-state index contributed by atoms with van der Waals surface area (Å²) in [7, 11) is 1.87. The number of nitrogens with one attached hydrogen (secondary N) is 1. The van der Waals surface area contributed by atoms with Crippen molar-refractivity contribution >= 4 is 5.91 Å². The first-order chi connectivity index (χ1) is 9.87. The summed E-state index contributed by atoms with van der Waals surface area (Å²) in [6.45, 7) is 6.52. The van der Waals surface area contributed by atoms with Crippen LogP contribution in [0.25, 0.3) is 0 Å². The van der Waals surface area contributed by atoms with Gasteiger partial charge in [0.25, 0.3) is 5.91 Å². The molecule has 0 radical (unpaired) electrons. The first-order valence-corrected chi connectivity index (χ1v) is 7.19. The lowest BCUT2D eigenvalue weighted by atomic mass is 9.86. The van der Waals surface area contributed by atoms with Crippen LogP contribution in [0, 0.1) is 5.41 Å². The third-order valence-electron chi connectivity index (χ3n) is 3.39. The van der Waals surface area contributed by atoms with E-state index in [9.17, 15) is 4.79 Å². The van der Waals surface area contributed by atoms with Crippen LogP contribution in [0.2, 0.25) is 0 Å².